The zero-order valence-corrected chi connectivity index (χ0v) is 11.0. The van der Waals surface area contributed by atoms with E-state index in [9.17, 15) is 14.7 Å². The Labute approximate surface area is 106 Å². The van der Waals surface area contributed by atoms with Gasteiger partial charge in [-0.2, -0.15) is 0 Å². The summed E-state index contributed by atoms with van der Waals surface area (Å²) in [6.45, 7) is 7.28. The van der Waals surface area contributed by atoms with Crippen LogP contribution < -0.4 is 0 Å². The number of benzene rings is 1. The number of phenolic OH excluding ortho intramolecular Hbond substituents is 1. The first-order valence-corrected chi connectivity index (χ1v) is 5.98. The molecule has 0 aromatic heterocycles. The summed E-state index contributed by atoms with van der Waals surface area (Å²) >= 11 is 0. The zero-order valence-electron chi connectivity index (χ0n) is 11.0. The fourth-order valence-corrected chi connectivity index (χ4v) is 2.47. The molecular formula is C15H16O3. The number of carbonyl (C=O) groups excluding carboxylic acids is 2. The second kappa shape index (κ2) is 4.09. The largest absolute Gasteiger partial charge is 0.508 e. The molecule has 0 saturated heterocycles. The van der Waals surface area contributed by atoms with Gasteiger partial charge in [0.2, 0.25) is 11.6 Å². The van der Waals surface area contributed by atoms with E-state index in [1.807, 2.05) is 13.8 Å². The maximum absolute atomic E-state index is 12.1. The van der Waals surface area contributed by atoms with Gasteiger partial charge < -0.3 is 5.11 Å². The molecule has 94 valence electrons. The maximum atomic E-state index is 12.1. The van der Waals surface area contributed by atoms with Crippen LogP contribution in [-0.2, 0) is 4.79 Å². The number of aromatic hydroxyl groups is 1. The summed E-state index contributed by atoms with van der Waals surface area (Å²) in [5.74, 6) is -0.646. The summed E-state index contributed by atoms with van der Waals surface area (Å²) in [5, 5.41) is 10.0. The molecule has 1 N–H and O–H groups in total. The summed E-state index contributed by atoms with van der Waals surface area (Å²) in [7, 11) is 0. The first-order valence-electron chi connectivity index (χ1n) is 5.98. The van der Waals surface area contributed by atoms with E-state index in [4.69, 9.17) is 0 Å². The smallest absolute Gasteiger partial charge is 0.234 e. The highest BCUT2D eigenvalue weighted by atomic mass is 16.3. The molecule has 3 nitrogen and oxygen atoms in total. The number of hydrogen-bond acceptors (Lipinski definition) is 3. The van der Waals surface area contributed by atoms with Crippen molar-refractivity contribution in [2.24, 2.45) is 0 Å². The lowest BCUT2D eigenvalue weighted by atomic mass is 9.82. The molecule has 1 aromatic carbocycles. The lowest BCUT2D eigenvalue weighted by Crippen LogP contribution is -2.22. The maximum Gasteiger partial charge on any atom is 0.234 e. The molecule has 0 bridgehead atoms. The topological polar surface area (TPSA) is 54.4 Å². The molecule has 0 radical (unpaired) electrons. The summed E-state index contributed by atoms with van der Waals surface area (Å²) in [6, 6.07) is 1.56. The Hall–Kier alpha value is -1.90. The van der Waals surface area contributed by atoms with Crippen LogP contribution in [0.3, 0.4) is 0 Å². The van der Waals surface area contributed by atoms with Gasteiger partial charge in [-0.1, -0.05) is 13.8 Å². The molecule has 1 aliphatic rings. The number of rotatable bonds is 1. The Morgan fingerprint density at radius 2 is 1.72 bits per heavy atom. The van der Waals surface area contributed by atoms with E-state index in [2.05, 4.69) is 0 Å². The molecule has 0 spiro atoms. The number of allylic oxidation sites excluding steroid dienone is 1. The van der Waals surface area contributed by atoms with Crippen LogP contribution in [0.2, 0.25) is 0 Å². The minimum Gasteiger partial charge on any atom is -0.508 e. The molecule has 0 amide bonds. The summed E-state index contributed by atoms with van der Waals surface area (Å²) < 4.78 is 0. The number of Topliss-reactive ketones (excluding diaryl/α,β-unsaturated/α-hetero) is 2. The first-order chi connectivity index (χ1) is 8.34. The van der Waals surface area contributed by atoms with Crippen LogP contribution in [0.4, 0.5) is 0 Å². The van der Waals surface area contributed by atoms with Crippen LogP contribution in [0, 0.1) is 6.92 Å². The molecule has 2 rings (SSSR count). The lowest BCUT2D eigenvalue weighted by Gasteiger charge is -2.21. The lowest BCUT2D eigenvalue weighted by molar-refractivity contribution is -0.111. The summed E-state index contributed by atoms with van der Waals surface area (Å²) in [4.78, 5) is 23.8. The van der Waals surface area contributed by atoms with Crippen molar-refractivity contribution >= 4 is 17.6 Å². The predicted molar refractivity (Wildman–Crippen MR) is 69.9 cm³/mol. The number of carbonyl (C=O) groups is 2. The van der Waals surface area contributed by atoms with Crippen molar-refractivity contribution in [1.82, 2.24) is 0 Å². The Balaban J connectivity index is 2.88. The number of phenols is 1. The third kappa shape index (κ3) is 1.67. The van der Waals surface area contributed by atoms with Gasteiger partial charge in [0.05, 0.1) is 0 Å². The van der Waals surface area contributed by atoms with E-state index in [0.29, 0.717) is 22.3 Å². The highest BCUT2D eigenvalue weighted by molar-refractivity contribution is 6.52. The van der Waals surface area contributed by atoms with E-state index in [1.165, 1.54) is 0 Å². The van der Waals surface area contributed by atoms with Gasteiger partial charge in [-0.25, -0.2) is 0 Å². The third-order valence-corrected chi connectivity index (χ3v) is 3.31. The standard InChI is InChI=1S/C15H16O3/c1-7(2)12-10-5-9(4)14(17)15(18)13(10)8(3)6-11(12)16/h5-7,16H,1-4H3. The van der Waals surface area contributed by atoms with Crippen molar-refractivity contribution in [2.75, 3.05) is 0 Å². The summed E-state index contributed by atoms with van der Waals surface area (Å²) in [6.07, 6.45) is 1.71. The molecule has 0 heterocycles. The Morgan fingerprint density at radius 3 is 2.28 bits per heavy atom. The van der Waals surface area contributed by atoms with Gasteiger partial charge in [-0.3, -0.25) is 9.59 Å². The van der Waals surface area contributed by atoms with Gasteiger partial charge in [-0.05, 0) is 43.0 Å². The Kier molecular flexibility index (Phi) is 2.85. The van der Waals surface area contributed by atoms with Gasteiger partial charge in [-0.15, -0.1) is 0 Å². The van der Waals surface area contributed by atoms with Crippen LogP contribution >= 0.6 is 0 Å². The molecule has 0 fully saturated rings. The summed E-state index contributed by atoms with van der Waals surface area (Å²) in [5.41, 5.74) is 2.95. The van der Waals surface area contributed by atoms with Gasteiger partial charge in [0.15, 0.2) is 0 Å². The molecule has 18 heavy (non-hydrogen) atoms. The van der Waals surface area contributed by atoms with E-state index >= 15 is 0 Å². The first kappa shape index (κ1) is 12.6. The van der Waals surface area contributed by atoms with Crippen molar-refractivity contribution in [3.8, 4) is 5.75 Å². The van der Waals surface area contributed by atoms with Gasteiger partial charge in [0, 0.05) is 16.7 Å². The fourth-order valence-electron chi connectivity index (χ4n) is 2.47. The number of hydrogen-bond donors (Lipinski definition) is 1. The Bertz CT molecular complexity index is 592. The third-order valence-electron chi connectivity index (χ3n) is 3.31. The molecule has 1 aromatic rings. The van der Waals surface area contributed by atoms with Crippen LogP contribution in [0.25, 0.3) is 6.08 Å². The molecule has 1 aliphatic carbocycles. The second-order valence-corrected chi connectivity index (χ2v) is 5.06. The molecular weight excluding hydrogens is 228 g/mol. The monoisotopic (exact) mass is 244 g/mol. The van der Waals surface area contributed by atoms with Crippen molar-refractivity contribution in [1.29, 1.82) is 0 Å². The molecule has 0 saturated carbocycles. The molecule has 0 unspecified atom stereocenters. The minimum absolute atomic E-state index is 0.0874. The normalized spacial score (nSPS) is 14.8. The van der Waals surface area contributed by atoms with Gasteiger partial charge >= 0.3 is 0 Å². The van der Waals surface area contributed by atoms with Crippen LogP contribution in [0.5, 0.6) is 5.75 Å². The van der Waals surface area contributed by atoms with E-state index in [0.717, 1.165) is 5.56 Å². The van der Waals surface area contributed by atoms with Crippen LogP contribution in [-0.4, -0.2) is 16.7 Å². The van der Waals surface area contributed by atoms with Crippen molar-refractivity contribution in [3.05, 3.63) is 33.9 Å². The van der Waals surface area contributed by atoms with E-state index in [1.54, 1.807) is 26.0 Å². The second-order valence-electron chi connectivity index (χ2n) is 5.06. The fraction of sp³-hybridized carbons (Fsp3) is 0.333. The average Bonchev–Trinajstić information content (AvgIpc) is 2.24. The van der Waals surface area contributed by atoms with Crippen molar-refractivity contribution in [2.45, 2.75) is 33.6 Å². The van der Waals surface area contributed by atoms with Crippen LogP contribution in [0.15, 0.2) is 11.6 Å². The van der Waals surface area contributed by atoms with Crippen LogP contribution in [0.1, 0.15) is 53.7 Å². The highest BCUT2D eigenvalue weighted by Gasteiger charge is 2.30. The van der Waals surface area contributed by atoms with Gasteiger partial charge in [0.25, 0.3) is 0 Å². The zero-order chi connectivity index (χ0) is 13.6. The molecule has 0 atom stereocenters. The van der Waals surface area contributed by atoms with Crippen molar-refractivity contribution in [3.63, 3.8) is 0 Å². The number of ketones is 2. The highest BCUT2D eigenvalue weighted by Crippen LogP contribution is 2.37. The molecule has 0 aliphatic heterocycles. The van der Waals surface area contributed by atoms with Crippen molar-refractivity contribution < 1.29 is 14.7 Å². The predicted octanol–water partition coefficient (Wildman–Crippen LogP) is 2.99. The Morgan fingerprint density at radius 1 is 1.11 bits per heavy atom. The minimum atomic E-state index is -0.468. The average molecular weight is 244 g/mol. The quantitative estimate of drug-likeness (QED) is 0.773. The SMILES string of the molecule is CC1=Cc2c(c(C)cc(O)c2C(C)C)C(=O)C1=O. The van der Waals surface area contributed by atoms with Gasteiger partial charge in [0.1, 0.15) is 5.75 Å². The molecule has 3 heteroatoms. The van der Waals surface area contributed by atoms with E-state index < -0.39 is 11.6 Å². The number of aryl methyl sites for hydroxylation is 1. The van der Waals surface area contributed by atoms with E-state index in [-0.39, 0.29) is 11.7 Å². The number of fused-ring (bicyclic) bond motifs is 1.